The topological polar surface area (TPSA) is 99.4 Å². The number of hydrogen-bond acceptors (Lipinski definition) is 5. The summed E-state index contributed by atoms with van der Waals surface area (Å²) in [5, 5.41) is 24.6. The molecule has 3 saturated carbocycles. The average molecular weight is 525 g/mol. The van der Waals surface area contributed by atoms with Crippen LogP contribution in [0, 0.1) is 61.6 Å². The molecule has 210 valence electrons. The van der Waals surface area contributed by atoms with Gasteiger partial charge in [-0.05, 0) is 90.8 Å². The van der Waals surface area contributed by atoms with E-state index in [1.54, 1.807) is 0 Å². The van der Waals surface area contributed by atoms with E-state index in [1.807, 2.05) is 0 Å². The Kier molecular flexibility index (Phi) is 5.97. The lowest BCUT2D eigenvalue weighted by atomic mass is 9.36. The molecule has 2 N–H and O–H groups in total. The lowest BCUT2D eigenvalue weighted by Gasteiger charge is -2.68. The second-order valence-electron chi connectivity index (χ2n) is 15.7. The van der Waals surface area contributed by atoms with Crippen LogP contribution in [0.1, 0.15) is 106 Å². The number of ether oxygens (including phenoxy) is 1. The van der Waals surface area contributed by atoms with Crippen LogP contribution in [0.25, 0.3) is 0 Å². The van der Waals surface area contributed by atoms with Crippen LogP contribution in [0.2, 0.25) is 0 Å². The van der Waals surface area contributed by atoms with Crippen molar-refractivity contribution in [1.82, 2.24) is 5.32 Å². The van der Waals surface area contributed by atoms with Crippen LogP contribution in [0.4, 0.5) is 0 Å². The summed E-state index contributed by atoms with van der Waals surface area (Å²) in [7, 11) is 1.51. The van der Waals surface area contributed by atoms with Crippen LogP contribution in [0.3, 0.4) is 0 Å². The predicted molar refractivity (Wildman–Crippen MR) is 146 cm³/mol. The highest BCUT2D eigenvalue weighted by Crippen LogP contribution is 2.73. The molecule has 1 saturated heterocycles. The van der Waals surface area contributed by atoms with E-state index in [1.165, 1.54) is 7.11 Å². The van der Waals surface area contributed by atoms with Gasteiger partial charge in [-0.15, -0.1) is 0 Å². The van der Waals surface area contributed by atoms with E-state index >= 15 is 0 Å². The molecule has 5 aliphatic rings. The lowest BCUT2D eigenvalue weighted by Crippen LogP contribution is -2.68. The molecule has 0 radical (unpaired) electrons. The van der Waals surface area contributed by atoms with Crippen LogP contribution in [-0.2, 0) is 14.3 Å². The summed E-state index contributed by atoms with van der Waals surface area (Å²) in [4.78, 5) is 27.4. The molecule has 2 unspecified atom stereocenters. The third-order valence-corrected chi connectivity index (χ3v) is 13.3. The molecule has 5 rings (SSSR count). The Labute approximate surface area is 229 Å². The smallest absolute Gasteiger partial charge is 0.312 e. The van der Waals surface area contributed by atoms with Gasteiger partial charge in [0.25, 0.3) is 0 Å². The SMILES string of the molecule is COC(=O)C12CCC(C)(C)C[C@H]1[C@H]1NC(=O)C[C@@H]3[C@@]4(C)CC(C#N)=C(O)C(C)(C)C4CC[C@@]3(C)[C@]1(C)CC2. The van der Waals surface area contributed by atoms with Crippen LogP contribution >= 0.6 is 0 Å². The standard InChI is InChI=1S/C32H48N2O4/c1-27(2)11-13-32(26(37)38-8)14-12-31(7)24(20(32)17-27)34-23(35)15-22-29(5)16-19(18-33)25(36)28(3,4)21(29)9-10-30(22,31)6/h20-22,24,36H,9-17H2,1-8H3,(H,34,35)/t20-,21?,22+,24+,29-,30+,31+,32?/m0/s1. The highest BCUT2D eigenvalue weighted by atomic mass is 16.5. The maximum absolute atomic E-state index is 13.9. The summed E-state index contributed by atoms with van der Waals surface area (Å²) in [6.45, 7) is 15.8. The van der Waals surface area contributed by atoms with Crippen molar-refractivity contribution in [3.05, 3.63) is 11.3 Å². The minimum atomic E-state index is -0.547. The van der Waals surface area contributed by atoms with E-state index in [-0.39, 0.29) is 63.1 Å². The van der Waals surface area contributed by atoms with Crippen molar-refractivity contribution in [3.63, 3.8) is 0 Å². The molecule has 38 heavy (non-hydrogen) atoms. The number of rotatable bonds is 1. The molecule has 6 nitrogen and oxygen atoms in total. The summed E-state index contributed by atoms with van der Waals surface area (Å²) in [6.07, 6.45) is 7.21. The number of allylic oxidation sites excluding steroid dienone is 2. The van der Waals surface area contributed by atoms with Crippen LogP contribution in [0.15, 0.2) is 11.3 Å². The highest BCUT2D eigenvalue weighted by molar-refractivity contribution is 5.80. The molecule has 6 heteroatoms. The molecule has 0 spiro atoms. The molecule has 1 amide bonds. The number of hydrogen-bond donors (Lipinski definition) is 2. The molecule has 8 atom stereocenters. The average Bonchev–Trinajstić information content (AvgIpc) is 2.93. The lowest BCUT2D eigenvalue weighted by molar-refractivity contribution is -0.199. The van der Waals surface area contributed by atoms with E-state index in [0.29, 0.717) is 18.4 Å². The fraction of sp³-hybridized carbons (Fsp3) is 0.844. The molecular formula is C32H48N2O4. The monoisotopic (exact) mass is 524 g/mol. The van der Waals surface area contributed by atoms with Crippen molar-refractivity contribution in [3.8, 4) is 6.07 Å². The Bertz CT molecular complexity index is 1130. The van der Waals surface area contributed by atoms with Crippen LogP contribution < -0.4 is 5.32 Å². The zero-order valence-corrected chi connectivity index (χ0v) is 24.8. The van der Waals surface area contributed by atoms with Crippen molar-refractivity contribution < 1.29 is 19.4 Å². The van der Waals surface area contributed by atoms with Gasteiger partial charge in [-0.1, -0.05) is 48.5 Å². The maximum atomic E-state index is 13.9. The first-order valence-electron chi connectivity index (χ1n) is 14.7. The van der Waals surface area contributed by atoms with Gasteiger partial charge in [0.2, 0.25) is 5.91 Å². The van der Waals surface area contributed by atoms with E-state index < -0.39 is 10.8 Å². The van der Waals surface area contributed by atoms with Crippen molar-refractivity contribution in [1.29, 1.82) is 5.26 Å². The van der Waals surface area contributed by atoms with E-state index in [9.17, 15) is 20.0 Å². The first kappa shape index (κ1) is 27.5. The van der Waals surface area contributed by atoms with E-state index in [0.717, 1.165) is 44.9 Å². The number of nitrogens with zero attached hydrogens (tertiary/aromatic N) is 1. The number of amides is 1. The first-order valence-corrected chi connectivity index (χ1v) is 14.7. The third kappa shape index (κ3) is 3.35. The van der Waals surface area contributed by atoms with Gasteiger partial charge in [-0.25, -0.2) is 0 Å². The Morgan fingerprint density at radius 2 is 1.66 bits per heavy atom. The number of aliphatic hydroxyl groups excluding tert-OH is 1. The van der Waals surface area contributed by atoms with Gasteiger partial charge >= 0.3 is 5.97 Å². The maximum Gasteiger partial charge on any atom is 0.312 e. The van der Waals surface area contributed by atoms with Crippen molar-refractivity contribution in [2.75, 3.05) is 7.11 Å². The zero-order chi connectivity index (χ0) is 28.1. The van der Waals surface area contributed by atoms with Crippen molar-refractivity contribution >= 4 is 11.9 Å². The summed E-state index contributed by atoms with van der Waals surface area (Å²) in [6, 6.07) is 2.21. The van der Waals surface area contributed by atoms with Crippen LogP contribution in [0.5, 0.6) is 0 Å². The van der Waals surface area contributed by atoms with Crippen molar-refractivity contribution in [2.45, 2.75) is 112 Å². The zero-order valence-electron chi connectivity index (χ0n) is 24.8. The molecule has 0 aromatic rings. The number of carbonyl (C=O) groups excluding carboxylic acids is 2. The Balaban J connectivity index is 1.65. The largest absolute Gasteiger partial charge is 0.511 e. The minimum absolute atomic E-state index is 0.0314. The Morgan fingerprint density at radius 1 is 1.00 bits per heavy atom. The normalized spacial score (nSPS) is 47.2. The molecule has 0 aromatic heterocycles. The molecule has 1 heterocycles. The number of esters is 1. The van der Waals surface area contributed by atoms with Gasteiger partial charge in [0.1, 0.15) is 5.76 Å². The van der Waals surface area contributed by atoms with Gasteiger partial charge in [-0.3, -0.25) is 9.59 Å². The number of methoxy groups -OCH3 is 1. The van der Waals surface area contributed by atoms with Crippen molar-refractivity contribution in [2.24, 2.45) is 50.2 Å². The Morgan fingerprint density at radius 3 is 2.29 bits per heavy atom. The summed E-state index contributed by atoms with van der Waals surface area (Å²) in [5.74, 6) is 0.480. The number of nitriles is 1. The third-order valence-electron chi connectivity index (χ3n) is 13.3. The second kappa shape index (κ2) is 8.24. The minimum Gasteiger partial charge on any atom is -0.511 e. The van der Waals surface area contributed by atoms with Gasteiger partial charge < -0.3 is 15.2 Å². The van der Waals surface area contributed by atoms with Gasteiger partial charge in [0.05, 0.1) is 24.2 Å². The quantitative estimate of drug-likeness (QED) is 0.383. The second-order valence-corrected chi connectivity index (χ2v) is 15.7. The fourth-order valence-electron chi connectivity index (χ4n) is 10.9. The number of aliphatic hydroxyl groups is 1. The van der Waals surface area contributed by atoms with Gasteiger partial charge in [-0.2, -0.15) is 5.26 Å². The molecule has 4 fully saturated rings. The number of carbonyl (C=O) groups is 2. The summed E-state index contributed by atoms with van der Waals surface area (Å²) >= 11 is 0. The number of nitrogens with one attached hydrogen (secondary N) is 1. The van der Waals surface area contributed by atoms with E-state index in [4.69, 9.17) is 4.74 Å². The predicted octanol–water partition coefficient (Wildman–Crippen LogP) is 6.47. The fourth-order valence-corrected chi connectivity index (χ4v) is 10.9. The summed E-state index contributed by atoms with van der Waals surface area (Å²) < 4.78 is 5.45. The Hall–Kier alpha value is -2.03. The molecule has 1 aliphatic heterocycles. The number of fused-ring (bicyclic) bond motifs is 7. The highest BCUT2D eigenvalue weighted by Gasteiger charge is 2.71. The molecule has 4 aliphatic carbocycles. The van der Waals surface area contributed by atoms with Gasteiger partial charge in [0.15, 0.2) is 0 Å². The summed E-state index contributed by atoms with van der Waals surface area (Å²) in [5.41, 5.74) is -1.13. The molecular weight excluding hydrogens is 476 g/mol. The molecule has 0 bridgehead atoms. The first-order chi connectivity index (χ1) is 17.5. The van der Waals surface area contributed by atoms with Crippen LogP contribution in [-0.4, -0.2) is 30.1 Å². The molecule has 0 aromatic carbocycles. The van der Waals surface area contributed by atoms with E-state index in [2.05, 4.69) is 59.9 Å². The van der Waals surface area contributed by atoms with Gasteiger partial charge in [0, 0.05) is 17.9 Å².